The number of benzene rings is 1. The number of Topliss-reactive ketones (excluding diaryl/α,β-unsaturated/α-hetero) is 1. The zero-order valence-corrected chi connectivity index (χ0v) is 19.2. The number of hydrogen-bond donors (Lipinski definition) is 1. The maximum atomic E-state index is 13.5. The van der Waals surface area contributed by atoms with Gasteiger partial charge in [-0.25, -0.2) is 4.39 Å². The van der Waals surface area contributed by atoms with Gasteiger partial charge in [-0.1, -0.05) is 13.8 Å². The van der Waals surface area contributed by atoms with Crippen molar-refractivity contribution in [1.82, 2.24) is 0 Å². The molecular formula is C24H24FN3OS2. The van der Waals surface area contributed by atoms with Crippen LogP contribution < -0.4 is 10.6 Å². The highest BCUT2D eigenvalue weighted by atomic mass is 32.2. The van der Waals surface area contributed by atoms with Crippen LogP contribution >= 0.6 is 23.1 Å². The van der Waals surface area contributed by atoms with Gasteiger partial charge in [0.2, 0.25) is 0 Å². The summed E-state index contributed by atoms with van der Waals surface area (Å²) < 4.78 is 14.7. The first-order valence-corrected chi connectivity index (χ1v) is 12.3. The number of thiophene rings is 1. The molecule has 0 unspecified atom stereocenters. The van der Waals surface area contributed by atoms with Gasteiger partial charge in [-0.2, -0.15) is 5.26 Å². The average molecular weight is 454 g/mol. The number of rotatable bonds is 5. The smallest absolute Gasteiger partial charge is 0.161 e. The lowest BCUT2D eigenvalue weighted by atomic mass is 9.76. The number of nitrogens with two attached hydrogens (primary N) is 1. The van der Waals surface area contributed by atoms with Crippen LogP contribution in [0.15, 0.2) is 57.2 Å². The SMILES string of the molecule is CCSc1sc(CC)cc1[C@@H]1C(C#N)=C(N)N(c2ccc(F)cc2)C2=C1C(=O)CCC2. The Hall–Kier alpha value is -2.56. The van der Waals surface area contributed by atoms with E-state index in [0.29, 0.717) is 35.5 Å². The van der Waals surface area contributed by atoms with Gasteiger partial charge in [-0.05, 0) is 60.9 Å². The Morgan fingerprint density at radius 3 is 2.68 bits per heavy atom. The van der Waals surface area contributed by atoms with Crippen molar-refractivity contribution in [2.45, 2.75) is 49.7 Å². The fourth-order valence-electron chi connectivity index (χ4n) is 4.34. The zero-order valence-electron chi connectivity index (χ0n) is 17.6. The average Bonchev–Trinajstić information content (AvgIpc) is 3.17. The molecule has 0 radical (unpaired) electrons. The van der Waals surface area contributed by atoms with Crippen molar-refractivity contribution in [1.29, 1.82) is 5.26 Å². The minimum Gasteiger partial charge on any atom is -0.384 e. The lowest BCUT2D eigenvalue weighted by Gasteiger charge is -2.39. The lowest BCUT2D eigenvalue weighted by molar-refractivity contribution is -0.116. The van der Waals surface area contributed by atoms with Crippen LogP contribution in [0, 0.1) is 17.1 Å². The van der Waals surface area contributed by atoms with Gasteiger partial charge < -0.3 is 5.73 Å². The third kappa shape index (κ3) is 3.79. The molecule has 2 N–H and O–H groups in total. The van der Waals surface area contributed by atoms with Gasteiger partial charge >= 0.3 is 0 Å². The summed E-state index contributed by atoms with van der Waals surface area (Å²) in [7, 11) is 0. The normalized spacial score (nSPS) is 19.0. The molecule has 31 heavy (non-hydrogen) atoms. The fraction of sp³-hybridized carbons (Fsp3) is 0.333. The van der Waals surface area contributed by atoms with Crippen molar-refractivity contribution in [2.24, 2.45) is 5.73 Å². The molecule has 2 aromatic rings. The quantitative estimate of drug-likeness (QED) is 0.574. The van der Waals surface area contributed by atoms with E-state index < -0.39 is 5.92 Å². The van der Waals surface area contributed by atoms with Gasteiger partial charge in [0.05, 0.1) is 21.8 Å². The van der Waals surface area contributed by atoms with Crippen molar-refractivity contribution in [3.63, 3.8) is 0 Å². The minimum absolute atomic E-state index is 0.0651. The van der Waals surface area contributed by atoms with Gasteiger partial charge in [0, 0.05) is 28.3 Å². The third-order valence-electron chi connectivity index (χ3n) is 5.71. The predicted octanol–water partition coefficient (Wildman–Crippen LogP) is 5.87. The first-order valence-electron chi connectivity index (χ1n) is 10.5. The largest absolute Gasteiger partial charge is 0.384 e. The van der Waals surface area contributed by atoms with E-state index in [1.807, 2.05) is 0 Å². The summed E-state index contributed by atoms with van der Waals surface area (Å²) in [4.78, 5) is 16.2. The highest BCUT2D eigenvalue weighted by molar-refractivity contribution is 8.01. The van der Waals surface area contributed by atoms with E-state index in [4.69, 9.17) is 5.73 Å². The Labute approximate surface area is 190 Å². The summed E-state index contributed by atoms with van der Waals surface area (Å²) in [5.74, 6) is 0.503. The van der Waals surface area contributed by atoms with E-state index >= 15 is 0 Å². The molecule has 0 bridgehead atoms. The molecule has 0 spiro atoms. The highest BCUT2D eigenvalue weighted by Gasteiger charge is 2.41. The summed E-state index contributed by atoms with van der Waals surface area (Å²) in [6.07, 6.45) is 2.79. The van der Waals surface area contributed by atoms with Crippen LogP contribution in [0.3, 0.4) is 0 Å². The molecule has 4 rings (SSSR count). The Morgan fingerprint density at radius 1 is 1.29 bits per heavy atom. The Morgan fingerprint density at radius 2 is 2.03 bits per heavy atom. The Bertz CT molecular complexity index is 1120. The zero-order chi connectivity index (χ0) is 22.1. The van der Waals surface area contributed by atoms with Crippen LogP contribution in [0.25, 0.3) is 0 Å². The summed E-state index contributed by atoms with van der Waals surface area (Å²) >= 11 is 3.47. The number of anilines is 1. The number of nitrogens with zero attached hydrogens (tertiary/aromatic N) is 2. The van der Waals surface area contributed by atoms with E-state index in [1.54, 1.807) is 40.1 Å². The maximum absolute atomic E-state index is 13.5. The van der Waals surface area contributed by atoms with E-state index in [1.165, 1.54) is 17.0 Å². The third-order valence-corrected chi connectivity index (χ3v) is 8.19. The number of carbonyl (C=O) groups is 1. The molecule has 0 saturated carbocycles. The molecule has 0 fully saturated rings. The second-order valence-corrected chi connectivity index (χ2v) is 10.2. The lowest BCUT2D eigenvalue weighted by Crippen LogP contribution is -2.38. The summed E-state index contributed by atoms with van der Waals surface area (Å²) in [5.41, 5.74) is 10.1. The molecule has 0 saturated heterocycles. The summed E-state index contributed by atoms with van der Waals surface area (Å²) in [6, 6.07) is 10.5. The van der Waals surface area contributed by atoms with Crippen LogP contribution in [0.1, 0.15) is 49.5 Å². The maximum Gasteiger partial charge on any atom is 0.161 e. The molecular weight excluding hydrogens is 429 g/mol. The Balaban J connectivity index is 1.96. The van der Waals surface area contributed by atoms with Crippen LogP contribution in [-0.4, -0.2) is 11.5 Å². The molecule has 1 aromatic heterocycles. The van der Waals surface area contributed by atoms with Gasteiger partial charge in [0.25, 0.3) is 0 Å². The number of ketones is 1. The van der Waals surface area contributed by atoms with Crippen LogP contribution in [0.5, 0.6) is 0 Å². The van der Waals surface area contributed by atoms with Gasteiger partial charge in [0.1, 0.15) is 11.6 Å². The fourth-order valence-corrected chi connectivity index (χ4v) is 6.72. The van der Waals surface area contributed by atoms with Crippen molar-refractivity contribution in [2.75, 3.05) is 10.7 Å². The molecule has 1 aliphatic heterocycles. The molecule has 160 valence electrons. The standard InChI is InChI=1S/C24H24FN3OS2/c1-3-16-12-17(24(31-16)30-4-2)21-18(13-26)23(27)28(15-10-8-14(25)9-11-15)19-6-5-7-20(29)22(19)21/h8-12,21H,3-7,27H2,1-2H3/t21-/m1/s1. The van der Waals surface area contributed by atoms with E-state index in [-0.39, 0.29) is 11.6 Å². The molecule has 4 nitrogen and oxygen atoms in total. The van der Waals surface area contributed by atoms with Crippen molar-refractivity contribution >= 4 is 34.6 Å². The molecule has 0 amide bonds. The van der Waals surface area contributed by atoms with E-state index in [0.717, 1.165) is 34.1 Å². The van der Waals surface area contributed by atoms with E-state index in [2.05, 4.69) is 26.0 Å². The predicted molar refractivity (Wildman–Crippen MR) is 124 cm³/mol. The van der Waals surface area contributed by atoms with Gasteiger partial charge in [-0.3, -0.25) is 9.69 Å². The second-order valence-electron chi connectivity index (χ2n) is 7.53. The number of hydrogen-bond acceptors (Lipinski definition) is 6. The number of thioether (sulfide) groups is 1. The number of halogens is 1. The molecule has 2 heterocycles. The van der Waals surface area contributed by atoms with Gasteiger partial charge in [0.15, 0.2) is 5.78 Å². The second kappa shape index (κ2) is 8.89. The van der Waals surface area contributed by atoms with Crippen molar-refractivity contribution in [3.8, 4) is 6.07 Å². The molecule has 1 aliphatic carbocycles. The molecule has 2 aliphatic rings. The minimum atomic E-state index is -0.449. The molecule has 1 atom stereocenters. The van der Waals surface area contributed by atoms with Crippen LogP contribution in [0.4, 0.5) is 10.1 Å². The topological polar surface area (TPSA) is 70.1 Å². The monoisotopic (exact) mass is 453 g/mol. The van der Waals surface area contributed by atoms with Crippen LogP contribution in [0.2, 0.25) is 0 Å². The number of aryl methyl sites for hydroxylation is 1. The van der Waals surface area contributed by atoms with Crippen molar-refractivity contribution < 1.29 is 9.18 Å². The highest BCUT2D eigenvalue weighted by Crippen LogP contribution is 2.49. The summed E-state index contributed by atoms with van der Waals surface area (Å²) in [6.45, 7) is 4.21. The van der Waals surface area contributed by atoms with Crippen molar-refractivity contribution in [3.05, 3.63) is 69.3 Å². The number of carbonyl (C=O) groups excluding carboxylic acids is 1. The first-order chi connectivity index (χ1) is 15.0. The first kappa shape index (κ1) is 21.7. The summed E-state index contributed by atoms with van der Waals surface area (Å²) in [5, 5.41) is 10.2. The molecule has 7 heteroatoms. The number of nitriles is 1. The Kier molecular flexibility index (Phi) is 6.22. The van der Waals surface area contributed by atoms with E-state index in [9.17, 15) is 14.4 Å². The number of allylic oxidation sites excluding steroid dienone is 3. The molecule has 1 aromatic carbocycles. The van der Waals surface area contributed by atoms with Gasteiger partial charge in [-0.15, -0.1) is 23.1 Å². The van der Waals surface area contributed by atoms with Crippen LogP contribution in [-0.2, 0) is 11.2 Å².